The number of hydrogen-bond donors (Lipinski definition) is 1. The van der Waals surface area contributed by atoms with Crippen LogP contribution in [0.1, 0.15) is 31.9 Å². The van der Waals surface area contributed by atoms with Gasteiger partial charge >= 0.3 is 0 Å². The Morgan fingerprint density at radius 1 is 1.27 bits per heavy atom. The Labute approximate surface area is 131 Å². The molecule has 1 aliphatic heterocycles. The van der Waals surface area contributed by atoms with Gasteiger partial charge in [-0.3, -0.25) is 4.79 Å². The van der Waals surface area contributed by atoms with Crippen LogP contribution in [0.2, 0.25) is 0 Å². The van der Waals surface area contributed by atoms with Gasteiger partial charge in [-0.05, 0) is 23.6 Å². The van der Waals surface area contributed by atoms with Crippen LogP contribution in [0.4, 0.5) is 0 Å². The van der Waals surface area contributed by atoms with Crippen LogP contribution in [0, 0.1) is 11.8 Å². The van der Waals surface area contributed by atoms with Crippen molar-refractivity contribution in [1.29, 1.82) is 0 Å². The number of rotatable bonds is 6. The van der Waals surface area contributed by atoms with Gasteiger partial charge in [-0.15, -0.1) is 0 Å². The summed E-state index contributed by atoms with van der Waals surface area (Å²) in [6.07, 6.45) is -0.289. The SMILES string of the molecule is COc1ccc(C(O)C2CC(=O)N(CC(C)C)C2)cc1OC. The highest BCUT2D eigenvalue weighted by molar-refractivity contribution is 5.78. The Hall–Kier alpha value is -1.75. The van der Waals surface area contributed by atoms with Crippen molar-refractivity contribution in [2.45, 2.75) is 26.4 Å². The minimum atomic E-state index is -0.680. The van der Waals surface area contributed by atoms with E-state index in [9.17, 15) is 9.90 Å². The highest BCUT2D eigenvalue weighted by Crippen LogP contribution is 2.35. The largest absolute Gasteiger partial charge is 0.493 e. The van der Waals surface area contributed by atoms with Crippen LogP contribution in [0.5, 0.6) is 11.5 Å². The third-order valence-corrected chi connectivity index (χ3v) is 4.03. The molecule has 2 rings (SSSR count). The van der Waals surface area contributed by atoms with Crippen molar-refractivity contribution in [2.24, 2.45) is 11.8 Å². The molecule has 0 spiro atoms. The van der Waals surface area contributed by atoms with E-state index in [1.54, 1.807) is 26.4 Å². The first-order chi connectivity index (χ1) is 10.5. The molecule has 0 aliphatic carbocycles. The highest BCUT2D eigenvalue weighted by Gasteiger charge is 2.35. The van der Waals surface area contributed by atoms with Crippen LogP contribution in [-0.4, -0.2) is 43.2 Å². The zero-order chi connectivity index (χ0) is 16.3. The molecule has 1 aromatic rings. The molecule has 2 unspecified atom stereocenters. The first kappa shape index (κ1) is 16.6. The predicted octanol–water partition coefficient (Wildman–Crippen LogP) is 2.24. The van der Waals surface area contributed by atoms with Gasteiger partial charge in [0.05, 0.1) is 20.3 Å². The van der Waals surface area contributed by atoms with E-state index in [4.69, 9.17) is 9.47 Å². The van der Waals surface area contributed by atoms with Crippen molar-refractivity contribution >= 4 is 5.91 Å². The molecule has 0 radical (unpaired) electrons. The van der Waals surface area contributed by atoms with Gasteiger partial charge < -0.3 is 19.5 Å². The second-order valence-corrected chi connectivity index (χ2v) is 6.22. The molecule has 1 aliphatic rings. The smallest absolute Gasteiger partial charge is 0.223 e. The molecule has 5 heteroatoms. The second kappa shape index (κ2) is 7.01. The average Bonchev–Trinajstić information content (AvgIpc) is 2.86. The lowest BCUT2D eigenvalue weighted by Crippen LogP contribution is -2.29. The number of hydrogen-bond acceptors (Lipinski definition) is 4. The third kappa shape index (κ3) is 3.53. The van der Waals surface area contributed by atoms with E-state index in [1.165, 1.54) is 0 Å². The maximum absolute atomic E-state index is 12.0. The minimum absolute atomic E-state index is 0.0793. The summed E-state index contributed by atoms with van der Waals surface area (Å²) in [4.78, 5) is 13.9. The molecule has 1 amide bonds. The summed E-state index contributed by atoms with van der Waals surface area (Å²) < 4.78 is 10.5. The fraction of sp³-hybridized carbons (Fsp3) is 0.588. The number of ether oxygens (including phenoxy) is 2. The first-order valence-corrected chi connectivity index (χ1v) is 7.64. The molecular weight excluding hydrogens is 282 g/mol. The van der Waals surface area contributed by atoms with Crippen LogP contribution in [0.25, 0.3) is 0 Å². The lowest BCUT2D eigenvalue weighted by atomic mass is 9.94. The summed E-state index contributed by atoms with van der Waals surface area (Å²) in [6, 6.07) is 5.38. The number of amides is 1. The van der Waals surface area contributed by atoms with Crippen molar-refractivity contribution in [3.63, 3.8) is 0 Å². The average molecular weight is 307 g/mol. The van der Waals surface area contributed by atoms with Crippen molar-refractivity contribution in [2.75, 3.05) is 27.3 Å². The molecule has 0 aromatic heterocycles. The van der Waals surface area contributed by atoms with Gasteiger partial charge in [0.2, 0.25) is 5.91 Å². The molecule has 1 aromatic carbocycles. The summed E-state index contributed by atoms with van der Waals surface area (Å²) >= 11 is 0. The maximum Gasteiger partial charge on any atom is 0.223 e. The van der Waals surface area contributed by atoms with Gasteiger partial charge in [0, 0.05) is 25.4 Å². The molecule has 22 heavy (non-hydrogen) atoms. The van der Waals surface area contributed by atoms with Crippen molar-refractivity contribution < 1.29 is 19.4 Å². The molecule has 0 bridgehead atoms. The predicted molar refractivity (Wildman–Crippen MR) is 84.0 cm³/mol. The number of carbonyl (C=O) groups is 1. The topological polar surface area (TPSA) is 59.0 Å². The van der Waals surface area contributed by atoms with Crippen LogP contribution in [0.3, 0.4) is 0 Å². The van der Waals surface area contributed by atoms with Gasteiger partial charge in [0.25, 0.3) is 0 Å². The lowest BCUT2D eigenvalue weighted by Gasteiger charge is -2.21. The van der Waals surface area contributed by atoms with Gasteiger partial charge in [-0.2, -0.15) is 0 Å². The zero-order valence-corrected chi connectivity index (χ0v) is 13.7. The Morgan fingerprint density at radius 3 is 2.55 bits per heavy atom. The zero-order valence-electron chi connectivity index (χ0n) is 13.7. The maximum atomic E-state index is 12.0. The molecule has 1 fully saturated rings. The molecule has 122 valence electrons. The van der Waals surface area contributed by atoms with E-state index in [-0.39, 0.29) is 11.8 Å². The number of methoxy groups -OCH3 is 2. The Bertz CT molecular complexity index is 529. The van der Waals surface area contributed by atoms with E-state index >= 15 is 0 Å². The number of aliphatic hydroxyl groups excluding tert-OH is 1. The summed E-state index contributed by atoms with van der Waals surface area (Å²) in [7, 11) is 3.14. The van der Waals surface area contributed by atoms with Crippen LogP contribution < -0.4 is 9.47 Å². The van der Waals surface area contributed by atoms with E-state index in [0.717, 1.165) is 12.1 Å². The minimum Gasteiger partial charge on any atom is -0.493 e. The van der Waals surface area contributed by atoms with Gasteiger partial charge in [-0.1, -0.05) is 19.9 Å². The molecule has 1 N–H and O–H groups in total. The second-order valence-electron chi connectivity index (χ2n) is 6.22. The van der Waals surface area contributed by atoms with Crippen LogP contribution in [0.15, 0.2) is 18.2 Å². The summed E-state index contributed by atoms with van der Waals surface area (Å²) in [6.45, 7) is 5.53. The fourth-order valence-corrected chi connectivity index (χ4v) is 2.94. The van der Waals surface area contributed by atoms with E-state index in [2.05, 4.69) is 13.8 Å². The number of aliphatic hydroxyl groups is 1. The lowest BCUT2D eigenvalue weighted by molar-refractivity contribution is -0.128. The summed E-state index contributed by atoms with van der Waals surface area (Å²) in [5.74, 6) is 1.69. The van der Waals surface area contributed by atoms with Gasteiger partial charge in [0.15, 0.2) is 11.5 Å². The standard InChI is InChI=1S/C17H25NO4/c1-11(2)9-18-10-13(8-16(18)19)17(20)12-5-6-14(21-3)15(7-12)22-4/h5-7,11,13,17,20H,8-10H2,1-4H3. The van der Waals surface area contributed by atoms with E-state index < -0.39 is 6.10 Å². The Balaban J connectivity index is 2.12. The number of benzene rings is 1. The van der Waals surface area contributed by atoms with Crippen LogP contribution >= 0.6 is 0 Å². The summed E-state index contributed by atoms with van der Waals surface area (Å²) in [5.41, 5.74) is 0.752. The quantitative estimate of drug-likeness (QED) is 0.875. The van der Waals surface area contributed by atoms with Crippen LogP contribution in [-0.2, 0) is 4.79 Å². The fourth-order valence-electron chi connectivity index (χ4n) is 2.94. The molecular formula is C17H25NO4. The normalized spacial score (nSPS) is 19.6. The first-order valence-electron chi connectivity index (χ1n) is 7.64. The monoisotopic (exact) mass is 307 g/mol. The van der Waals surface area contributed by atoms with Gasteiger partial charge in [-0.25, -0.2) is 0 Å². The van der Waals surface area contributed by atoms with Crippen molar-refractivity contribution in [3.8, 4) is 11.5 Å². The molecule has 1 heterocycles. The number of carbonyl (C=O) groups excluding carboxylic acids is 1. The Morgan fingerprint density at radius 2 is 1.95 bits per heavy atom. The highest BCUT2D eigenvalue weighted by atomic mass is 16.5. The molecule has 5 nitrogen and oxygen atoms in total. The molecule has 0 saturated carbocycles. The summed E-state index contributed by atoms with van der Waals surface area (Å²) in [5, 5.41) is 10.6. The van der Waals surface area contributed by atoms with E-state index in [0.29, 0.717) is 30.4 Å². The number of nitrogens with zero attached hydrogens (tertiary/aromatic N) is 1. The van der Waals surface area contributed by atoms with E-state index in [1.807, 2.05) is 11.0 Å². The van der Waals surface area contributed by atoms with Gasteiger partial charge in [0.1, 0.15) is 0 Å². The van der Waals surface area contributed by atoms with Crippen molar-refractivity contribution in [1.82, 2.24) is 4.90 Å². The number of likely N-dealkylation sites (tertiary alicyclic amines) is 1. The third-order valence-electron chi connectivity index (χ3n) is 4.03. The molecule has 1 saturated heterocycles. The Kier molecular flexibility index (Phi) is 5.29. The molecule has 2 atom stereocenters. The van der Waals surface area contributed by atoms with Crippen molar-refractivity contribution in [3.05, 3.63) is 23.8 Å².